The van der Waals surface area contributed by atoms with E-state index in [0.717, 1.165) is 24.2 Å². The summed E-state index contributed by atoms with van der Waals surface area (Å²) in [6.45, 7) is 4.13. The molecule has 2 heterocycles. The van der Waals surface area contributed by atoms with Crippen LogP contribution in [0.3, 0.4) is 0 Å². The van der Waals surface area contributed by atoms with Crippen molar-refractivity contribution in [3.8, 4) is 0 Å². The molecule has 2 nitrogen and oxygen atoms in total. The van der Waals surface area contributed by atoms with Gasteiger partial charge in [-0.2, -0.15) is 0 Å². The van der Waals surface area contributed by atoms with Gasteiger partial charge < -0.3 is 4.42 Å². The average Bonchev–Trinajstić information content (AvgIpc) is 3.01. The molecule has 3 heteroatoms. The number of rotatable bonds is 1. The maximum absolute atomic E-state index is 12.7. The molecule has 1 aromatic carbocycles. The summed E-state index contributed by atoms with van der Waals surface area (Å²) in [4.78, 5) is 14.0. The van der Waals surface area contributed by atoms with Gasteiger partial charge in [0.2, 0.25) is 0 Å². The van der Waals surface area contributed by atoms with Crippen LogP contribution in [0.15, 0.2) is 57.6 Å². The van der Waals surface area contributed by atoms with Gasteiger partial charge in [0.25, 0.3) is 0 Å². The Morgan fingerprint density at radius 2 is 2.00 bits per heavy atom. The number of hydrogen-bond donors (Lipinski definition) is 0. The predicted molar refractivity (Wildman–Crippen MR) is 86.9 cm³/mol. The molecular weight excluding hydrogens is 280 g/mol. The van der Waals surface area contributed by atoms with Crippen LogP contribution in [0, 0.1) is 0 Å². The van der Waals surface area contributed by atoms with Crippen LogP contribution in [-0.4, -0.2) is 0 Å². The molecule has 0 spiro atoms. The highest BCUT2D eigenvalue weighted by Crippen LogP contribution is 2.39. The second-order valence-electron chi connectivity index (χ2n) is 5.45. The summed E-state index contributed by atoms with van der Waals surface area (Å²) in [6.07, 6.45) is 1.60. The predicted octanol–water partition coefficient (Wildman–Crippen LogP) is 4.60. The first-order valence-corrected chi connectivity index (χ1v) is 7.88. The molecule has 0 N–H and O–H groups in total. The molecule has 0 radical (unpaired) electrons. The molecule has 0 fully saturated rings. The van der Waals surface area contributed by atoms with Crippen LogP contribution in [0.1, 0.15) is 28.5 Å². The molecule has 2 aromatic heterocycles. The zero-order valence-corrected chi connectivity index (χ0v) is 12.3. The van der Waals surface area contributed by atoms with E-state index in [1.165, 1.54) is 4.88 Å². The summed E-state index contributed by atoms with van der Waals surface area (Å²) in [5.74, 6) is 1.16. The minimum absolute atomic E-state index is 0.0569. The van der Waals surface area contributed by atoms with Crippen LogP contribution in [0.4, 0.5) is 0 Å². The maximum Gasteiger partial charge on any atom is 0.200 e. The highest BCUT2D eigenvalue weighted by molar-refractivity contribution is 7.10. The third-order valence-electron chi connectivity index (χ3n) is 4.09. The maximum atomic E-state index is 12.7. The van der Waals surface area contributed by atoms with Crippen LogP contribution in [0.5, 0.6) is 0 Å². The Labute approximate surface area is 126 Å². The van der Waals surface area contributed by atoms with Crippen molar-refractivity contribution in [3.05, 3.63) is 74.8 Å². The van der Waals surface area contributed by atoms with E-state index in [0.29, 0.717) is 22.5 Å². The van der Waals surface area contributed by atoms with Gasteiger partial charge in [0, 0.05) is 17.2 Å². The third-order valence-corrected chi connectivity index (χ3v) is 5.13. The second-order valence-corrected chi connectivity index (χ2v) is 6.43. The van der Waals surface area contributed by atoms with Gasteiger partial charge >= 0.3 is 0 Å². The lowest BCUT2D eigenvalue weighted by atomic mass is 9.83. The van der Waals surface area contributed by atoms with Crippen LogP contribution < -0.4 is 5.43 Å². The molecule has 0 amide bonds. The molecule has 1 atom stereocenters. The van der Waals surface area contributed by atoms with Gasteiger partial charge in [-0.25, -0.2) is 0 Å². The summed E-state index contributed by atoms with van der Waals surface area (Å²) < 4.78 is 6.01. The van der Waals surface area contributed by atoms with E-state index in [9.17, 15) is 4.79 Å². The summed E-state index contributed by atoms with van der Waals surface area (Å²) in [5, 5.41) is 2.73. The Bertz CT molecular complexity index is 887. The van der Waals surface area contributed by atoms with Crippen molar-refractivity contribution in [2.75, 3.05) is 0 Å². The van der Waals surface area contributed by atoms with Crippen molar-refractivity contribution in [2.45, 2.75) is 18.8 Å². The first-order chi connectivity index (χ1) is 10.2. The number of hydrogen-bond acceptors (Lipinski definition) is 3. The zero-order valence-electron chi connectivity index (χ0n) is 11.5. The fraction of sp³-hybridized carbons (Fsp3) is 0.167. The van der Waals surface area contributed by atoms with Gasteiger partial charge in [-0.3, -0.25) is 4.79 Å². The SMILES string of the molecule is C=C1CC(c2cccs2)Cc2oc3ccccc3c(=O)c21. The summed E-state index contributed by atoms with van der Waals surface area (Å²) >= 11 is 1.75. The lowest BCUT2D eigenvalue weighted by Crippen LogP contribution is -2.19. The fourth-order valence-corrected chi connectivity index (χ4v) is 3.94. The topological polar surface area (TPSA) is 30.2 Å². The monoisotopic (exact) mass is 294 g/mol. The average molecular weight is 294 g/mol. The quantitative estimate of drug-likeness (QED) is 0.656. The van der Waals surface area contributed by atoms with E-state index in [-0.39, 0.29) is 5.43 Å². The second kappa shape index (κ2) is 4.71. The molecule has 0 bridgehead atoms. The molecule has 104 valence electrons. The van der Waals surface area contributed by atoms with E-state index >= 15 is 0 Å². The van der Waals surface area contributed by atoms with Gasteiger partial charge in [0.15, 0.2) is 5.43 Å². The van der Waals surface area contributed by atoms with Crippen LogP contribution >= 0.6 is 11.3 Å². The number of para-hydroxylation sites is 1. The van der Waals surface area contributed by atoms with Crippen molar-refractivity contribution in [1.29, 1.82) is 0 Å². The minimum atomic E-state index is 0.0569. The highest BCUT2D eigenvalue weighted by atomic mass is 32.1. The van der Waals surface area contributed by atoms with Gasteiger partial charge in [0.05, 0.1) is 10.9 Å². The van der Waals surface area contributed by atoms with Crippen molar-refractivity contribution >= 4 is 27.9 Å². The van der Waals surface area contributed by atoms with Gasteiger partial charge in [0.1, 0.15) is 11.3 Å². The zero-order chi connectivity index (χ0) is 14.4. The fourth-order valence-electron chi connectivity index (χ4n) is 3.11. The van der Waals surface area contributed by atoms with Gasteiger partial charge in [-0.05, 0) is 35.6 Å². The first-order valence-electron chi connectivity index (χ1n) is 7.00. The van der Waals surface area contributed by atoms with E-state index in [2.05, 4.69) is 24.1 Å². The first kappa shape index (κ1) is 12.6. The molecule has 1 unspecified atom stereocenters. The standard InChI is InChI=1S/C18H14O2S/c1-11-9-12(16-7-4-8-21-16)10-15-17(11)18(19)13-5-2-3-6-14(13)20-15/h2-8,12H,1,9-10H2. The molecule has 0 aliphatic heterocycles. The van der Waals surface area contributed by atoms with E-state index in [4.69, 9.17) is 4.42 Å². The normalized spacial score (nSPS) is 17.9. The lowest BCUT2D eigenvalue weighted by molar-refractivity contribution is 0.495. The van der Waals surface area contributed by atoms with Crippen LogP contribution in [-0.2, 0) is 6.42 Å². The number of benzene rings is 1. The molecule has 0 saturated heterocycles. The summed E-state index contributed by atoms with van der Waals surface area (Å²) in [6, 6.07) is 11.6. The summed E-state index contributed by atoms with van der Waals surface area (Å²) in [5.41, 5.74) is 2.32. The van der Waals surface area contributed by atoms with E-state index in [1.807, 2.05) is 24.3 Å². The van der Waals surface area contributed by atoms with E-state index < -0.39 is 0 Å². The Morgan fingerprint density at radius 3 is 2.81 bits per heavy atom. The Kier molecular flexibility index (Phi) is 2.82. The van der Waals surface area contributed by atoms with Crippen molar-refractivity contribution in [3.63, 3.8) is 0 Å². The van der Waals surface area contributed by atoms with Gasteiger partial charge in [-0.15, -0.1) is 11.3 Å². The molecule has 4 rings (SSSR count). The van der Waals surface area contributed by atoms with E-state index in [1.54, 1.807) is 11.3 Å². The Morgan fingerprint density at radius 1 is 1.14 bits per heavy atom. The highest BCUT2D eigenvalue weighted by Gasteiger charge is 2.28. The van der Waals surface area contributed by atoms with Crippen LogP contribution in [0.2, 0.25) is 0 Å². The smallest absolute Gasteiger partial charge is 0.200 e. The summed E-state index contributed by atoms with van der Waals surface area (Å²) in [7, 11) is 0. The van der Waals surface area contributed by atoms with Crippen molar-refractivity contribution in [1.82, 2.24) is 0 Å². The number of thiophene rings is 1. The number of fused-ring (bicyclic) bond motifs is 2. The van der Waals surface area contributed by atoms with Crippen molar-refractivity contribution in [2.24, 2.45) is 0 Å². The molecule has 3 aromatic rings. The molecule has 0 saturated carbocycles. The van der Waals surface area contributed by atoms with Crippen LogP contribution in [0.25, 0.3) is 16.5 Å². The third kappa shape index (κ3) is 1.96. The molecule has 1 aliphatic carbocycles. The van der Waals surface area contributed by atoms with Crippen molar-refractivity contribution < 1.29 is 4.42 Å². The Balaban J connectivity index is 1.91. The lowest BCUT2D eigenvalue weighted by Gasteiger charge is -2.24. The molecule has 1 aliphatic rings. The molecular formula is C18H14O2S. The van der Waals surface area contributed by atoms with Gasteiger partial charge in [-0.1, -0.05) is 24.8 Å². The largest absolute Gasteiger partial charge is 0.460 e. The Hall–Kier alpha value is -2.13. The molecule has 21 heavy (non-hydrogen) atoms. The number of allylic oxidation sites excluding steroid dienone is 1. The minimum Gasteiger partial charge on any atom is -0.460 e.